The molecule has 1 aliphatic rings. The Kier molecular flexibility index (Phi) is 2.17. The lowest BCUT2D eigenvalue weighted by Crippen LogP contribution is -2.00. The second-order valence-corrected chi connectivity index (χ2v) is 3.59. The summed E-state index contributed by atoms with van der Waals surface area (Å²) in [6.07, 6.45) is 0.347. The maximum Gasteiger partial charge on any atom is 0.307 e. The fourth-order valence-corrected chi connectivity index (χ4v) is 1.63. The van der Waals surface area contributed by atoms with Crippen LogP contribution in [0.1, 0.15) is 17.9 Å². The Balaban J connectivity index is 2.28. The highest BCUT2D eigenvalue weighted by molar-refractivity contribution is 5.75. The summed E-state index contributed by atoms with van der Waals surface area (Å²) in [5.41, 5.74) is 0.207. The molecule has 1 aromatic rings. The first-order valence-electron chi connectivity index (χ1n) is 4.38. The molecule has 1 aromatic carbocycles. The SMILES string of the molecule is O=C(O)C1CC1c1cc(F)c(F)c(F)c1. The van der Waals surface area contributed by atoms with E-state index in [4.69, 9.17) is 5.11 Å². The van der Waals surface area contributed by atoms with Crippen LogP contribution in [0.4, 0.5) is 13.2 Å². The van der Waals surface area contributed by atoms with E-state index in [9.17, 15) is 18.0 Å². The van der Waals surface area contributed by atoms with Gasteiger partial charge in [-0.25, -0.2) is 13.2 Å². The van der Waals surface area contributed by atoms with Gasteiger partial charge in [0.05, 0.1) is 5.92 Å². The molecule has 5 heteroatoms. The van der Waals surface area contributed by atoms with E-state index in [0.29, 0.717) is 6.42 Å². The van der Waals surface area contributed by atoms with Crippen molar-refractivity contribution >= 4 is 5.97 Å². The number of carbonyl (C=O) groups is 1. The second kappa shape index (κ2) is 3.25. The van der Waals surface area contributed by atoms with E-state index in [-0.39, 0.29) is 5.56 Å². The quantitative estimate of drug-likeness (QED) is 0.770. The predicted octanol–water partition coefficient (Wildman–Crippen LogP) is 2.29. The number of halogens is 3. The van der Waals surface area contributed by atoms with Gasteiger partial charge in [-0.15, -0.1) is 0 Å². The summed E-state index contributed by atoms with van der Waals surface area (Å²) in [7, 11) is 0. The van der Waals surface area contributed by atoms with E-state index in [1.54, 1.807) is 0 Å². The first kappa shape index (κ1) is 10.0. The Labute approximate surface area is 83.3 Å². The first-order chi connectivity index (χ1) is 7.00. The van der Waals surface area contributed by atoms with Crippen LogP contribution in [0.5, 0.6) is 0 Å². The Bertz CT molecular complexity index is 408. The molecule has 2 atom stereocenters. The average molecular weight is 216 g/mol. The van der Waals surface area contributed by atoms with Crippen molar-refractivity contribution in [1.29, 1.82) is 0 Å². The Morgan fingerprint density at radius 1 is 1.27 bits per heavy atom. The van der Waals surface area contributed by atoms with Gasteiger partial charge < -0.3 is 5.11 Å². The summed E-state index contributed by atoms with van der Waals surface area (Å²) in [5, 5.41) is 8.62. The summed E-state index contributed by atoms with van der Waals surface area (Å²) >= 11 is 0. The van der Waals surface area contributed by atoms with Crippen LogP contribution in [0.15, 0.2) is 12.1 Å². The molecular weight excluding hydrogens is 209 g/mol. The van der Waals surface area contributed by atoms with Gasteiger partial charge in [-0.2, -0.15) is 0 Å². The molecule has 1 fully saturated rings. The highest BCUT2D eigenvalue weighted by Crippen LogP contribution is 2.47. The number of aliphatic carboxylic acids is 1. The molecule has 2 rings (SSSR count). The number of benzene rings is 1. The topological polar surface area (TPSA) is 37.3 Å². The molecule has 2 nitrogen and oxygen atoms in total. The van der Waals surface area contributed by atoms with Crippen LogP contribution in [-0.4, -0.2) is 11.1 Å². The molecule has 0 saturated heterocycles. The van der Waals surface area contributed by atoms with Crippen molar-refractivity contribution in [3.8, 4) is 0 Å². The standard InChI is InChI=1S/C10H7F3O2/c11-7-1-4(2-8(12)9(7)13)5-3-6(5)10(14)15/h1-2,5-6H,3H2,(H,14,15). The zero-order valence-corrected chi connectivity index (χ0v) is 7.51. The normalized spacial score (nSPS) is 23.9. The van der Waals surface area contributed by atoms with Crippen LogP contribution in [0, 0.1) is 23.4 Å². The van der Waals surface area contributed by atoms with Gasteiger partial charge in [0.25, 0.3) is 0 Å². The van der Waals surface area contributed by atoms with Gasteiger partial charge in [0.1, 0.15) is 0 Å². The molecule has 80 valence electrons. The maximum absolute atomic E-state index is 12.8. The number of carboxylic acid groups (broad SMARTS) is 1. The van der Waals surface area contributed by atoms with Gasteiger partial charge >= 0.3 is 5.97 Å². The number of hydrogen-bond donors (Lipinski definition) is 1. The summed E-state index contributed by atoms with van der Waals surface area (Å²) in [4.78, 5) is 10.5. The molecule has 0 radical (unpaired) electrons. The van der Waals surface area contributed by atoms with Crippen molar-refractivity contribution in [2.75, 3.05) is 0 Å². The third kappa shape index (κ3) is 1.69. The first-order valence-corrected chi connectivity index (χ1v) is 4.38. The molecule has 1 N–H and O–H groups in total. The minimum absolute atomic E-state index is 0.207. The van der Waals surface area contributed by atoms with Crippen molar-refractivity contribution in [2.24, 2.45) is 5.92 Å². The molecular formula is C10H7F3O2. The molecule has 2 unspecified atom stereocenters. The Morgan fingerprint density at radius 3 is 2.20 bits per heavy atom. The molecule has 0 bridgehead atoms. The summed E-state index contributed by atoms with van der Waals surface area (Å²) in [6, 6.07) is 1.71. The van der Waals surface area contributed by atoms with Crippen molar-refractivity contribution in [2.45, 2.75) is 12.3 Å². The minimum Gasteiger partial charge on any atom is -0.481 e. The highest BCUT2D eigenvalue weighted by Gasteiger charge is 2.44. The third-order valence-corrected chi connectivity index (χ3v) is 2.54. The minimum atomic E-state index is -1.52. The average Bonchev–Trinajstić information content (AvgIpc) is 2.92. The molecule has 0 aliphatic heterocycles. The van der Waals surface area contributed by atoms with Crippen LogP contribution in [-0.2, 0) is 4.79 Å². The van der Waals surface area contributed by atoms with Crippen molar-refractivity contribution in [3.05, 3.63) is 35.1 Å². The van der Waals surface area contributed by atoms with Gasteiger partial charge in [-0.1, -0.05) is 0 Å². The fraction of sp³-hybridized carbons (Fsp3) is 0.300. The van der Waals surface area contributed by atoms with Crippen molar-refractivity contribution < 1.29 is 23.1 Å². The molecule has 0 amide bonds. The van der Waals surface area contributed by atoms with E-state index in [2.05, 4.69) is 0 Å². The molecule has 0 spiro atoms. The molecule has 0 heterocycles. The molecule has 1 saturated carbocycles. The van der Waals surface area contributed by atoms with E-state index >= 15 is 0 Å². The van der Waals surface area contributed by atoms with E-state index in [0.717, 1.165) is 12.1 Å². The van der Waals surface area contributed by atoms with Crippen LogP contribution in [0.3, 0.4) is 0 Å². The lowest BCUT2D eigenvalue weighted by molar-refractivity contribution is -0.138. The summed E-state index contributed by atoms with van der Waals surface area (Å²) in [6.45, 7) is 0. The Hall–Kier alpha value is -1.52. The van der Waals surface area contributed by atoms with Gasteiger partial charge in [0.15, 0.2) is 17.5 Å². The van der Waals surface area contributed by atoms with Crippen LogP contribution < -0.4 is 0 Å². The predicted molar refractivity (Wildman–Crippen MR) is 44.8 cm³/mol. The number of rotatable bonds is 2. The lowest BCUT2D eigenvalue weighted by Gasteiger charge is -2.01. The fourth-order valence-electron chi connectivity index (χ4n) is 1.63. The number of hydrogen-bond acceptors (Lipinski definition) is 1. The van der Waals surface area contributed by atoms with E-state index < -0.39 is 35.3 Å². The van der Waals surface area contributed by atoms with Crippen molar-refractivity contribution in [3.63, 3.8) is 0 Å². The van der Waals surface area contributed by atoms with Gasteiger partial charge in [-0.05, 0) is 30.0 Å². The zero-order valence-electron chi connectivity index (χ0n) is 7.51. The maximum atomic E-state index is 12.8. The van der Waals surface area contributed by atoms with Crippen LogP contribution in [0.2, 0.25) is 0 Å². The molecule has 0 aromatic heterocycles. The van der Waals surface area contributed by atoms with Gasteiger partial charge in [0, 0.05) is 0 Å². The van der Waals surface area contributed by atoms with Crippen LogP contribution >= 0.6 is 0 Å². The third-order valence-electron chi connectivity index (χ3n) is 2.54. The molecule has 1 aliphatic carbocycles. The largest absolute Gasteiger partial charge is 0.481 e. The van der Waals surface area contributed by atoms with Gasteiger partial charge in [-0.3, -0.25) is 4.79 Å². The summed E-state index contributed by atoms with van der Waals surface area (Å²) < 4.78 is 38.2. The highest BCUT2D eigenvalue weighted by atomic mass is 19.2. The second-order valence-electron chi connectivity index (χ2n) is 3.59. The smallest absolute Gasteiger partial charge is 0.307 e. The monoisotopic (exact) mass is 216 g/mol. The van der Waals surface area contributed by atoms with Gasteiger partial charge in [0.2, 0.25) is 0 Å². The van der Waals surface area contributed by atoms with E-state index in [1.165, 1.54) is 0 Å². The Morgan fingerprint density at radius 2 is 1.80 bits per heavy atom. The van der Waals surface area contributed by atoms with E-state index in [1.807, 2.05) is 0 Å². The zero-order chi connectivity index (χ0) is 11.2. The number of carboxylic acids is 1. The molecule has 15 heavy (non-hydrogen) atoms. The summed E-state index contributed by atoms with van der Waals surface area (Å²) in [5.74, 6) is -6.07. The lowest BCUT2D eigenvalue weighted by atomic mass is 10.1. The van der Waals surface area contributed by atoms with Crippen molar-refractivity contribution in [1.82, 2.24) is 0 Å². The van der Waals surface area contributed by atoms with Crippen LogP contribution in [0.25, 0.3) is 0 Å².